The minimum Gasteiger partial charge on any atom is -0.492 e. The van der Waals surface area contributed by atoms with Gasteiger partial charge in [0.15, 0.2) is 0 Å². The van der Waals surface area contributed by atoms with E-state index < -0.39 is 0 Å². The second kappa shape index (κ2) is 8.75. The Bertz CT molecular complexity index is 885. The van der Waals surface area contributed by atoms with Crippen molar-refractivity contribution in [3.05, 3.63) is 59.1 Å². The van der Waals surface area contributed by atoms with E-state index in [0.717, 1.165) is 0 Å². The Labute approximate surface area is 167 Å². The van der Waals surface area contributed by atoms with Crippen LogP contribution in [-0.4, -0.2) is 42.8 Å². The number of anilines is 1. The fourth-order valence-corrected chi connectivity index (χ4v) is 2.90. The fourth-order valence-electron chi connectivity index (χ4n) is 2.72. The molecule has 0 bridgehead atoms. The summed E-state index contributed by atoms with van der Waals surface area (Å²) in [4.78, 5) is 37.5. The smallest absolute Gasteiger partial charge is 0.253 e. The second-order valence-electron chi connectivity index (χ2n) is 6.34. The third-order valence-electron chi connectivity index (χ3n) is 4.26. The van der Waals surface area contributed by atoms with E-state index in [2.05, 4.69) is 5.43 Å². The van der Waals surface area contributed by atoms with Crippen LogP contribution in [0.5, 0.6) is 5.75 Å². The zero-order valence-electron chi connectivity index (χ0n) is 15.4. The molecule has 0 radical (unpaired) electrons. The molecule has 1 aliphatic rings. The van der Waals surface area contributed by atoms with E-state index in [9.17, 15) is 14.4 Å². The summed E-state index contributed by atoms with van der Waals surface area (Å²) in [5.74, 6) is 0.0781. The summed E-state index contributed by atoms with van der Waals surface area (Å²) in [6, 6.07) is 13.6. The number of carbonyl (C=O) groups excluding carboxylic acids is 3. The van der Waals surface area contributed by atoms with Crippen molar-refractivity contribution in [2.45, 2.75) is 12.8 Å². The summed E-state index contributed by atoms with van der Waals surface area (Å²) in [6.45, 7) is 0.725. The molecule has 0 atom stereocenters. The monoisotopic (exact) mass is 401 g/mol. The van der Waals surface area contributed by atoms with Crippen molar-refractivity contribution in [3.8, 4) is 5.75 Å². The zero-order chi connectivity index (χ0) is 20.1. The average molecular weight is 402 g/mol. The second-order valence-corrected chi connectivity index (χ2v) is 6.78. The molecule has 0 spiro atoms. The number of likely N-dealkylation sites (N-methyl/N-ethyl adjacent to an activating group) is 1. The molecule has 1 heterocycles. The summed E-state index contributed by atoms with van der Waals surface area (Å²) in [5, 5.41) is 1.80. The van der Waals surface area contributed by atoms with Gasteiger partial charge in [0.1, 0.15) is 12.4 Å². The quantitative estimate of drug-likeness (QED) is 0.807. The normalized spacial score (nSPS) is 13.9. The van der Waals surface area contributed by atoms with E-state index in [1.165, 1.54) is 5.01 Å². The third-order valence-corrected chi connectivity index (χ3v) is 4.50. The molecular weight excluding hydrogens is 382 g/mol. The summed E-state index contributed by atoms with van der Waals surface area (Å²) in [6.07, 6.45) is 0.357. The van der Waals surface area contributed by atoms with Crippen LogP contribution < -0.4 is 15.2 Å². The van der Waals surface area contributed by atoms with Crippen molar-refractivity contribution in [2.75, 3.05) is 25.2 Å². The molecule has 0 aliphatic carbocycles. The number of hydrogen-bond acceptors (Lipinski definition) is 4. The minimum atomic E-state index is -0.209. The van der Waals surface area contributed by atoms with E-state index in [1.807, 2.05) is 0 Å². The highest BCUT2D eigenvalue weighted by atomic mass is 35.5. The van der Waals surface area contributed by atoms with Crippen LogP contribution in [0.3, 0.4) is 0 Å². The van der Waals surface area contributed by atoms with Gasteiger partial charge in [0, 0.05) is 30.5 Å². The maximum atomic E-state index is 12.5. The van der Waals surface area contributed by atoms with E-state index in [-0.39, 0.29) is 30.6 Å². The Morgan fingerprint density at radius 1 is 1.18 bits per heavy atom. The highest BCUT2D eigenvalue weighted by Gasteiger charge is 2.24. The van der Waals surface area contributed by atoms with Crippen LogP contribution in [0.15, 0.2) is 48.5 Å². The summed E-state index contributed by atoms with van der Waals surface area (Å²) >= 11 is 5.91. The van der Waals surface area contributed by atoms with Crippen LogP contribution in [0.25, 0.3) is 0 Å². The van der Waals surface area contributed by atoms with Crippen LogP contribution in [0.2, 0.25) is 5.02 Å². The first kappa shape index (κ1) is 19.7. The molecule has 0 saturated carbocycles. The number of hydrogen-bond donors (Lipinski definition) is 1. The van der Waals surface area contributed by atoms with E-state index in [4.69, 9.17) is 16.3 Å². The lowest BCUT2D eigenvalue weighted by atomic mass is 10.1. The lowest BCUT2D eigenvalue weighted by Gasteiger charge is -2.27. The Morgan fingerprint density at radius 2 is 1.93 bits per heavy atom. The molecule has 1 fully saturated rings. The molecule has 7 nitrogen and oxygen atoms in total. The molecule has 146 valence electrons. The van der Waals surface area contributed by atoms with Crippen LogP contribution in [-0.2, 0) is 9.59 Å². The molecule has 1 aliphatic heterocycles. The van der Waals surface area contributed by atoms with Crippen LogP contribution in [0.1, 0.15) is 23.2 Å². The lowest BCUT2D eigenvalue weighted by molar-refractivity contribution is -0.130. The Balaban J connectivity index is 1.56. The first-order valence-corrected chi connectivity index (χ1v) is 9.18. The Kier molecular flexibility index (Phi) is 6.16. The topological polar surface area (TPSA) is 79.0 Å². The summed E-state index contributed by atoms with van der Waals surface area (Å²) < 4.78 is 5.60. The van der Waals surface area contributed by atoms with Gasteiger partial charge in [-0.15, -0.1) is 0 Å². The standard InChI is InChI=1S/C20H20ClN3O4/c1-23(11-12-28-17-4-2-3-15(21)13-17)20(27)14-5-7-16(8-6-14)24-19(26)10-9-18(25)22-24/h2-8,13H,9-12H2,1H3,(H,22,25). The van der Waals surface area contributed by atoms with Gasteiger partial charge in [-0.05, 0) is 42.5 Å². The number of ether oxygens (including phenoxy) is 1. The van der Waals surface area contributed by atoms with E-state index >= 15 is 0 Å². The number of nitrogens with one attached hydrogen (secondary N) is 1. The molecule has 28 heavy (non-hydrogen) atoms. The molecule has 2 aromatic carbocycles. The average Bonchev–Trinajstić information content (AvgIpc) is 2.69. The SMILES string of the molecule is CN(CCOc1cccc(Cl)c1)C(=O)c1ccc(N2NC(=O)CCC2=O)cc1. The molecule has 1 saturated heterocycles. The molecule has 2 aromatic rings. The molecule has 1 N–H and O–H groups in total. The molecular formula is C20H20ClN3O4. The van der Waals surface area contributed by atoms with E-state index in [0.29, 0.717) is 35.2 Å². The van der Waals surface area contributed by atoms with Crippen molar-refractivity contribution < 1.29 is 19.1 Å². The fraction of sp³-hybridized carbons (Fsp3) is 0.250. The van der Waals surface area contributed by atoms with Gasteiger partial charge < -0.3 is 9.64 Å². The lowest BCUT2D eigenvalue weighted by Crippen LogP contribution is -2.50. The van der Waals surface area contributed by atoms with Gasteiger partial charge in [0.05, 0.1) is 12.2 Å². The van der Waals surface area contributed by atoms with Crippen molar-refractivity contribution in [3.63, 3.8) is 0 Å². The van der Waals surface area contributed by atoms with Crippen LogP contribution in [0, 0.1) is 0 Å². The number of nitrogens with zero attached hydrogens (tertiary/aromatic N) is 2. The van der Waals surface area contributed by atoms with Crippen molar-refractivity contribution in [1.29, 1.82) is 0 Å². The Morgan fingerprint density at radius 3 is 2.64 bits per heavy atom. The number of benzene rings is 2. The number of amides is 3. The van der Waals surface area contributed by atoms with E-state index in [1.54, 1.807) is 60.5 Å². The van der Waals surface area contributed by atoms with Gasteiger partial charge in [-0.1, -0.05) is 17.7 Å². The predicted molar refractivity (Wildman–Crippen MR) is 105 cm³/mol. The maximum Gasteiger partial charge on any atom is 0.253 e. The van der Waals surface area contributed by atoms with Gasteiger partial charge in [-0.25, -0.2) is 5.01 Å². The zero-order valence-corrected chi connectivity index (χ0v) is 16.1. The number of carbonyl (C=O) groups is 3. The van der Waals surface area contributed by atoms with Gasteiger partial charge >= 0.3 is 0 Å². The first-order valence-electron chi connectivity index (χ1n) is 8.80. The largest absolute Gasteiger partial charge is 0.492 e. The van der Waals surface area contributed by atoms with Gasteiger partial charge in [-0.3, -0.25) is 19.8 Å². The number of halogens is 1. The molecule has 8 heteroatoms. The minimum absolute atomic E-state index is 0.169. The third kappa shape index (κ3) is 4.80. The summed E-state index contributed by atoms with van der Waals surface area (Å²) in [7, 11) is 1.69. The first-order chi connectivity index (χ1) is 13.4. The maximum absolute atomic E-state index is 12.5. The van der Waals surface area contributed by atoms with Crippen molar-refractivity contribution >= 4 is 35.0 Å². The molecule has 0 unspecified atom stereocenters. The molecule has 3 rings (SSSR count). The molecule has 3 amide bonds. The molecule has 0 aromatic heterocycles. The Hall–Kier alpha value is -3.06. The van der Waals surface area contributed by atoms with Gasteiger partial charge in [0.2, 0.25) is 11.8 Å². The predicted octanol–water partition coefficient (Wildman–Crippen LogP) is 2.65. The van der Waals surface area contributed by atoms with Crippen molar-refractivity contribution in [2.24, 2.45) is 0 Å². The number of hydrazine groups is 1. The van der Waals surface area contributed by atoms with Gasteiger partial charge in [0.25, 0.3) is 5.91 Å². The van der Waals surface area contributed by atoms with Crippen molar-refractivity contribution in [1.82, 2.24) is 10.3 Å². The highest BCUT2D eigenvalue weighted by Crippen LogP contribution is 2.19. The number of rotatable bonds is 6. The van der Waals surface area contributed by atoms with Crippen LogP contribution in [0.4, 0.5) is 5.69 Å². The van der Waals surface area contributed by atoms with Crippen LogP contribution >= 0.6 is 11.6 Å². The summed E-state index contributed by atoms with van der Waals surface area (Å²) in [5.41, 5.74) is 3.52. The highest BCUT2D eigenvalue weighted by molar-refractivity contribution is 6.30. The van der Waals surface area contributed by atoms with Gasteiger partial charge in [-0.2, -0.15) is 0 Å².